The van der Waals surface area contributed by atoms with Crippen molar-refractivity contribution < 1.29 is 13.9 Å². The maximum Gasteiger partial charge on any atom is 0.219 e. The van der Waals surface area contributed by atoms with Crippen molar-refractivity contribution in [2.24, 2.45) is 5.10 Å². The lowest BCUT2D eigenvalue weighted by atomic mass is 10.2. The highest BCUT2D eigenvalue weighted by Gasteiger charge is 2.11. The molecule has 1 N–H and O–H groups in total. The molecule has 0 aliphatic rings. The number of hydrogen-bond donors (Lipinski definition) is 1. The highest BCUT2D eigenvalue weighted by Crippen LogP contribution is 2.28. The summed E-state index contributed by atoms with van der Waals surface area (Å²) in [6.45, 7) is 2.52. The standard InChI is InChI=1S/C22H20N4O3S/c1-15-5-7-16(8-6-15)14-29-18-10-9-17(12-20(18)27-2)13-23-26-21(24-25-22(26)30)19-4-3-11-28-19/h3-13H,14H2,1-2H3,(H,25,30)/b23-13-. The maximum atomic E-state index is 5.93. The largest absolute Gasteiger partial charge is 0.493 e. The van der Waals surface area contributed by atoms with Crippen LogP contribution in [0.3, 0.4) is 0 Å². The van der Waals surface area contributed by atoms with Crippen molar-refractivity contribution in [2.45, 2.75) is 13.5 Å². The van der Waals surface area contributed by atoms with Gasteiger partial charge in [-0.3, -0.25) is 0 Å². The molecule has 0 atom stereocenters. The van der Waals surface area contributed by atoms with Gasteiger partial charge in [-0.25, -0.2) is 5.10 Å². The van der Waals surface area contributed by atoms with E-state index < -0.39 is 0 Å². The Bertz CT molecular complexity index is 1210. The fraction of sp³-hybridized carbons (Fsp3) is 0.136. The second-order valence-electron chi connectivity index (χ2n) is 6.57. The zero-order valence-corrected chi connectivity index (χ0v) is 17.3. The van der Waals surface area contributed by atoms with Gasteiger partial charge < -0.3 is 13.9 Å². The molecule has 0 saturated heterocycles. The van der Waals surface area contributed by atoms with Crippen LogP contribution < -0.4 is 9.47 Å². The summed E-state index contributed by atoms with van der Waals surface area (Å²) in [5.74, 6) is 2.34. The molecule has 30 heavy (non-hydrogen) atoms. The van der Waals surface area contributed by atoms with Gasteiger partial charge in [0.15, 0.2) is 17.3 Å². The van der Waals surface area contributed by atoms with Gasteiger partial charge >= 0.3 is 0 Å². The predicted octanol–water partition coefficient (Wildman–Crippen LogP) is 4.98. The smallest absolute Gasteiger partial charge is 0.219 e. The molecule has 0 amide bonds. The van der Waals surface area contributed by atoms with Crippen LogP contribution in [0.25, 0.3) is 11.6 Å². The highest BCUT2D eigenvalue weighted by molar-refractivity contribution is 7.71. The molecule has 152 valence electrons. The van der Waals surface area contributed by atoms with Gasteiger partial charge in [-0.2, -0.15) is 9.78 Å². The van der Waals surface area contributed by atoms with Gasteiger partial charge in [0.1, 0.15) is 6.61 Å². The summed E-state index contributed by atoms with van der Waals surface area (Å²) >= 11 is 5.27. The van der Waals surface area contributed by atoms with Gasteiger partial charge in [-0.05, 0) is 60.6 Å². The van der Waals surface area contributed by atoms with Crippen molar-refractivity contribution in [1.29, 1.82) is 0 Å². The number of aryl methyl sites for hydroxylation is 1. The van der Waals surface area contributed by atoms with Crippen LogP contribution >= 0.6 is 12.2 Å². The molecule has 0 fully saturated rings. The summed E-state index contributed by atoms with van der Waals surface area (Å²) in [4.78, 5) is 0. The topological polar surface area (TPSA) is 77.6 Å². The first kappa shape index (κ1) is 19.7. The first-order valence-corrected chi connectivity index (χ1v) is 9.67. The lowest BCUT2D eigenvalue weighted by Crippen LogP contribution is -1.99. The van der Waals surface area contributed by atoms with E-state index in [4.69, 9.17) is 26.1 Å². The molecule has 7 nitrogen and oxygen atoms in total. The fourth-order valence-electron chi connectivity index (χ4n) is 2.82. The quantitative estimate of drug-likeness (QED) is 0.337. The molecule has 0 bridgehead atoms. The Morgan fingerprint density at radius 3 is 2.73 bits per heavy atom. The number of nitrogens with zero attached hydrogens (tertiary/aromatic N) is 3. The predicted molar refractivity (Wildman–Crippen MR) is 117 cm³/mol. The summed E-state index contributed by atoms with van der Waals surface area (Å²) in [6, 6.07) is 17.4. The minimum absolute atomic E-state index is 0.364. The van der Waals surface area contributed by atoms with Crippen molar-refractivity contribution in [3.8, 4) is 23.1 Å². The Balaban J connectivity index is 1.53. The molecule has 0 saturated carbocycles. The van der Waals surface area contributed by atoms with E-state index in [0.29, 0.717) is 34.5 Å². The number of hydrogen-bond acceptors (Lipinski definition) is 6. The summed E-state index contributed by atoms with van der Waals surface area (Å²) in [6.07, 6.45) is 3.24. The molecule has 2 aromatic heterocycles. The molecular weight excluding hydrogens is 400 g/mol. The third kappa shape index (κ3) is 4.33. The van der Waals surface area contributed by atoms with E-state index in [1.807, 2.05) is 30.3 Å². The Labute approximate surface area is 178 Å². The molecule has 8 heteroatoms. The van der Waals surface area contributed by atoms with Crippen LogP contribution in [-0.4, -0.2) is 28.2 Å². The molecule has 0 aliphatic heterocycles. The average molecular weight is 420 g/mol. The molecule has 4 aromatic rings. The van der Waals surface area contributed by atoms with Crippen molar-refractivity contribution in [3.05, 3.63) is 82.3 Å². The van der Waals surface area contributed by atoms with Crippen LogP contribution in [0.2, 0.25) is 0 Å². The Kier molecular flexibility index (Phi) is 5.76. The van der Waals surface area contributed by atoms with Crippen LogP contribution in [0.1, 0.15) is 16.7 Å². The van der Waals surface area contributed by atoms with E-state index >= 15 is 0 Å². The minimum Gasteiger partial charge on any atom is -0.493 e. The summed E-state index contributed by atoms with van der Waals surface area (Å²) in [5, 5.41) is 11.3. The van der Waals surface area contributed by atoms with E-state index in [0.717, 1.165) is 11.1 Å². The van der Waals surface area contributed by atoms with Gasteiger partial charge in [-0.15, -0.1) is 5.10 Å². The van der Waals surface area contributed by atoms with E-state index in [9.17, 15) is 0 Å². The molecule has 0 aliphatic carbocycles. The molecule has 2 heterocycles. The zero-order valence-electron chi connectivity index (χ0n) is 16.5. The van der Waals surface area contributed by atoms with Crippen LogP contribution in [0.15, 0.2) is 70.4 Å². The van der Waals surface area contributed by atoms with Crippen LogP contribution in [0, 0.1) is 11.7 Å². The highest BCUT2D eigenvalue weighted by atomic mass is 32.1. The maximum absolute atomic E-state index is 5.93. The van der Waals surface area contributed by atoms with Crippen LogP contribution in [0.5, 0.6) is 11.5 Å². The molecule has 4 rings (SSSR count). The number of aromatic amines is 1. The number of aromatic nitrogens is 3. The number of ether oxygens (including phenoxy) is 2. The third-order valence-electron chi connectivity index (χ3n) is 4.42. The Morgan fingerprint density at radius 1 is 1.17 bits per heavy atom. The lowest BCUT2D eigenvalue weighted by molar-refractivity contribution is 0.284. The fourth-order valence-corrected chi connectivity index (χ4v) is 3.00. The number of furan rings is 1. The van der Waals surface area contributed by atoms with Gasteiger partial charge in [0, 0.05) is 0 Å². The number of rotatable bonds is 7. The molecule has 0 radical (unpaired) electrons. The van der Waals surface area contributed by atoms with Crippen LogP contribution in [-0.2, 0) is 6.61 Å². The van der Waals surface area contributed by atoms with E-state index in [1.54, 1.807) is 31.7 Å². The lowest BCUT2D eigenvalue weighted by Gasteiger charge is -2.11. The van der Waals surface area contributed by atoms with Gasteiger partial charge in [-0.1, -0.05) is 29.8 Å². The molecule has 0 spiro atoms. The monoisotopic (exact) mass is 420 g/mol. The SMILES string of the molecule is COc1cc(/C=N\n2c(-c3ccco3)n[nH]c2=S)ccc1OCc1ccc(C)cc1. The number of methoxy groups -OCH3 is 1. The van der Waals surface area contributed by atoms with E-state index in [-0.39, 0.29) is 0 Å². The van der Waals surface area contributed by atoms with Crippen molar-refractivity contribution in [3.63, 3.8) is 0 Å². The number of H-pyrrole nitrogens is 1. The van der Waals surface area contributed by atoms with Gasteiger partial charge in [0.2, 0.25) is 10.6 Å². The normalized spacial score (nSPS) is 11.1. The van der Waals surface area contributed by atoms with Gasteiger partial charge in [0.05, 0.1) is 19.6 Å². The Morgan fingerprint density at radius 2 is 2.00 bits per heavy atom. The van der Waals surface area contributed by atoms with E-state index in [2.05, 4.69) is 34.4 Å². The third-order valence-corrected chi connectivity index (χ3v) is 4.68. The average Bonchev–Trinajstić information content (AvgIpc) is 3.42. The first-order valence-electron chi connectivity index (χ1n) is 9.26. The van der Waals surface area contributed by atoms with Crippen molar-refractivity contribution in [2.75, 3.05) is 7.11 Å². The molecule has 2 aromatic carbocycles. The van der Waals surface area contributed by atoms with E-state index in [1.165, 1.54) is 10.2 Å². The first-order chi connectivity index (χ1) is 14.6. The summed E-state index contributed by atoms with van der Waals surface area (Å²) in [7, 11) is 1.61. The van der Waals surface area contributed by atoms with Crippen molar-refractivity contribution >= 4 is 18.4 Å². The molecular formula is C22H20N4O3S. The van der Waals surface area contributed by atoms with Gasteiger partial charge in [0.25, 0.3) is 0 Å². The second-order valence-corrected chi connectivity index (χ2v) is 6.96. The minimum atomic E-state index is 0.364. The van der Waals surface area contributed by atoms with Crippen LogP contribution in [0.4, 0.5) is 0 Å². The molecule has 0 unspecified atom stereocenters. The summed E-state index contributed by atoms with van der Waals surface area (Å²) < 4.78 is 18.7. The Hall–Kier alpha value is -3.65. The number of nitrogens with one attached hydrogen (secondary N) is 1. The second kappa shape index (κ2) is 8.79. The number of benzene rings is 2. The zero-order chi connectivity index (χ0) is 20.9. The van der Waals surface area contributed by atoms with Crippen molar-refractivity contribution in [1.82, 2.24) is 14.9 Å². The summed E-state index contributed by atoms with van der Waals surface area (Å²) in [5.41, 5.74) is 3.13.